The highest BCUT2D eigenvalue weighted by molar-refractivity contribution is 5.41. The lowest BCUT2D eigenvalue weighted by Crippen LogP contribution is -2.24. The van der Waals surface area contributed by atoms with E-state index in [1.165, 1.54) is 0 Å². The van der Waals surface area contributed by atoms with Gasteiger partial charge in [-0.15, -0.1) is 0 Å². The first-order valence-corrected chi connectivity index (χ1v) is 8.68. The Kier molecular flexibility index (Phi) is 5.92. The lowest BCUT2D eigenvalue weighted by atomic mass is 10.1. The van der Waals surface area contributed by atoms with Gasteiger partial charge in [0.1, 0.15) is 5.75 Å². The molecule has 0 N–H and O–H groups in total. The van der Waals surface area contributed by atoms with Crippen molar-refractivity contribution in [1.82, 2.24) is 19.9 Å². The van der Waals surface area contributed by atoms with Crippen LogP contribution in [-0.4, -0.2) is 27.0 Å². The van der Waals surface area contributed by atoms with Crippen molar-refractivity contribution in [2.75, 3.05) is 7.11 Å². The molecule has 0 saturated heterocycles. The number of ether oxygens (including phenoxy) is 1. The van der Waals surface area contributed by atoms with Crippen LogP contribution in [0.5, 0.6) is 5.75 Å². The molecule has 3 aromatic heterocycles. The smallest absolute Gasteiger partial charge is 0.128 e. The minimum atomic E-state index is 0.704. The van der Waals surface area contributed by atoms with Gasteiger partial charge in [-0.05, 0) is 38.1 Å². The van der Waals surface area contributed by atoms with Crippen LogP contribution in [0.3, 0.4) is 0 Å². The largest absolute Gasteiger partial charge is 0.496 e. The molecule has 0 atom stereocenters. The first kappa shape index (κ1) is 18.0. The molecule has 5 nitrogen and oxygen atoms in total. The SMILES string of the molecule is COc1c(C)cnc(CN(Cc2ccccn2)Cc2ccccn2)c1C. The van der Waals surface area contributed by atoms with E-state index in [9.17, 15) is 0 Å². The van der Waals surface area contributed by atoms with Crippen LogP contribution >= 0.6 is 0 Å². The van der Waals surface area contributed by atoms with Crippen molar-refractivity contribution in [3.8, 4) is 5.75 Å². The van der Waals surface area contributed by atoms with Gasteiger partial charge < -0.3 is 4.74 Å². The van der Waals surface area contributed by atoms with Crippen LogP contribution in [0, 0.1) is 13.8 Å². The van der Waals surface area contributed by atoms with E-state index in [-0.39, 0.29) is 0 Å². The van der Waals surface area contributed by atoms with Crippen molar-refractivity contribution >= 4 is 0 Å². The Morgan fingerprint density at radius 3 is 1.96 bits per heavy atom. The van der Waals surface area contributed by atoms with Gasteiger partial charge in [-0.1, -0.05) is 12.1 Å². The molecule has 3 aromatic rings. The van der Waals surface area contributed by atoms with E-state index < -0.39 is 0 Å². The summed E-state index contributed by atoms with van der Waals surface area (Å²) < 4.78 is 5.55. The van der Waals surface area contributed by atoms with Gasteiger partial charge in [0.25, 0.3) is 0 Å². The second-order valence-electron chi connectivity index (χ2n) is 6.33. The Bertz CT molecular complexity index is 796. The molecule has 0 amide bonds. The molecule has 134 valence electrons. The third-order valence-corrected chi connectivity index (χ3v) is 4.35. The molecular weight excluding hydrogens is 324 g/mol. The molecule has 5 heteroatoms. The molecule has 0 spiro atoms. The van der Waals surface area contributed by atoms with Crippen LogP contribution < -0.4 is 4.74 Å². The van der Waals surface area contributed by atoms with Gasteiger partial charge in [-0.25, -0.2) is 0 Å². The molecule has 0 fully saturated rings. The van der Waals surface area contributed by atoms with Crippen molar-refractivity contribution in [2.45, 2.75) is 33.5 Å². The fourth-order valence-electron chi connectivity index (χ4n) is 3.05. The third-order valence-electron chi connectivity index (χ3n) is 4.35. The minimum Gasteiger partial charge on any atom is -0.496 e. The predicted octanol–water partition coefficient (Wildman–Crippen LogP) is 3.70. The van der Waals surface area contributed by atoms with E-state index in [2.05, 4.69) is 26.8 Å². The number of aryl methyl sites for hydroxylation is 1. The minimum absolute atomic E-state index is 0.704. The third kappa shape index (κ3) is 4.43. The summed E-state index contributed by atoms with van der Waals surface area (Å²) in [4.78, 5) is 15.9. The highest BCUT2D eigenvalue weighted by atomic mass is 16.5. The molecule has 0 radical (unpaired) electrons. The average molecular weight is 348 g/mol. The predicted molar refractivity (Wildman–Crippen MR) is 102 cm³/mol. The van der Waals surface area contributed by atoms with Crippen molar-refractivity contribution in [3.05, 3.63) is 83.2 Å². The van der Waals surface area contributed by atoms with E-state index in [1.54, 1.807) is 7.11 Å². The van der Waals surface area contributed by atoms with Crippen molar-refractivity contribution in [3.63, 3.8) is 0 Å². The Hall–Kier alpha value is -2.79. The second kappa shape index (κ2) is 8.54. The first-order chi connectivity index (χ1) is 12.7. The fraction of sp³-hybridized carbons (Fsp3) is 0.286. The number of nitrogens with zero attached hydrogens (tertiary/aromatic N) is 4. The van der Waals surface area contributed by atoms with E-state index >= 15 is 0 Å². The quantitative estimate of drug-likeness (QED) is 0.652. The molecule has 0 aliphatic rings. The fourth-order valence-corrected chi connectivity index (χ4v) is 3.05. The summed E-state index contributed by atoms with van der Waals surface area (Å²) in [6.07, 6.45) is 5.53. The van der Waals surface area contributed by atoms with Gasteiger partial charge in [-0.2, -0.15) is 0 Å². The number of methoxy groups -OCH3 is 1. The average Bonchev–Trinajstić information content (AvgIpc) is 2.66. The lowest BCUT2D eigenvalue weighted by Gasteiger charge is -2.23. The molecule has 26 heavy (non-hydrogen) atoms. The maximum atomic E-state index is 5.55. The Morgan fingerprint density at radius 2 is 1.46 bits per heavy atom. The van der Waals surface area contributed by atoms with Crippen LogP contribution in [0.25, 0.3) is 0 Å². The topological polar surface area (TPSA) is 51.1 Å². The van der Waals surface area contributed by atoms with Gasteiger partial charge in [-0.3, -0.25) is 19.9 Å². The van der Waals surface area contributed by atoms with Crippen molar-refractivity contribution in [2.24, 2.45) is 0 Å². The number of rotatable bonds is 7. The van der Waals surface area contributed by atoms with Crippen LogP contribution in [-0.2, 0) is 19.6 Å². The van der Waals surface area contributed by atoms with Gasteiger partial charge in [0.2, 0.25) is 0 Å². The number of pyridine rings is 3. The first-order valence-electron chi connectivity index (χ1n) is 8.68. The number of hydrogen-bond donors (Lipinski definition) is 0. The van der Waals surface area contributed by atoms with E-state index in [1.807, 2.05) is 61.9 Å². The van der Waals surface area contributed by atoms with Gasteiger partial charge in [0.15, 0.2) is 0 Å². The Labute approximate surface area is 154 Å². The summed E-state index contributed by atoms with van der Waals surface area (Å²) >= 11 is 0. The molecule has 3 rings (SSSR count). The molecule has 0 aliphatic heterocycles. The lowest BCUT2D eigenvalue weighted by molar-refractivity contribution is 0.237. The van der Waals surface area contributed by atoms with Crippen LogP contribution in [0.2, 0.25) is 0 Å². The normalized spacial score (nSPS) is 10.9. The van der Waals surface area contributed by atoms with Crippen LogP contribution in [0.1, 0.15) is 28.2 Å². The van der Waals surface area contributed by atoms with E-state index in [4.69, 9.17) is 4.74 Å². The highest BCUT2D eigenvalue weighted by Gasteiger charge is 2.15. The Morgan fingerprint density at radius 1 is 0.846 bits per heavy atom. The number of hydrogen-bond acceptors (Lipinski definition) is 5. The molecular formula is C21H24N4O. The van der Waals surface area contributed by atoms with Crippen LogP contribution in [0.15, 0.2) is 55.0 Å². The summed E-state index contributed by atoms with van der Waals surface area (Å²) in [5, 5.41) is 0. The summed E-state index contributed by atoms with van der Waals surface area (Å²) in [6, 6.07) is 12.0. The zero-order valence-electron chi connectivity index (χ0n) is 15.5. The standard InChI is InChI=1S/C21H24N4O/c1-16-12-24-20(17(2)21(16)26-3)15-25(13-18-8-4-6-10-22-18)14-19-9-5-7-11-23-19/h4-12H,13-15H2,1-3H3. The summed E-state index contributed by atoms with van der Waals surface area (Å²) in [5.74, 6) is 0.908. The maximum Gasteiger partial charge on any atom is 0.128 e. The molecule has 3 heterocycles. The summed E-state index contributed by atoms with van der Waals surface area (Å²) in [6.45, 7) is 6.25. The van der Waals surface area contributed by atoms with Gasteiger partial charge in [0, 0.05) is 49.4 Å². The zero-order chi connectivity index (χ0) is 18.4. The maximum absolute atomic E-state index is 5.55. The second-order valence-corrected chi connectivity index (χ2v) is 6.33. The molecule has 0 bridgehead atoms. The van der Waals surface area contributed by atoms with E-state index in [0.29, 0.717) is 6.54 Å². The van der Waals surface area contributed by atoms with Gasteiger partial charge in [0.05, 0.1) is 24.2 Å². The molecule has 0 aliphatic carbocycles. The van der Waals surface area contributed by atoms with Crippen molar-refractivity contribution < 1.29 is 4.74 Å². The van der Waals surface area contributed by atoms with Crippen molar-refractivity contribution in [1.29, 1.82) is 0 Å². The van der Waals surface area contributed by atoms with Gasteiger partial charge >= 0.3 is 0 Å². The number of aromatic nitrogens is 3. The van der Waals surface area contributed by atoms with Crippen LogP contribution in [0.4, 0.5) is 0 Å². The molecule has 0 saturated carbocycles. The highest BCUT2D eigenvalue weighted by Crippen LogP contribution is 2.25. The monoisotopic (exact) mass is 348 g/mol. The zero-order valence-corrected chi connectivity index (χ0v) is 15.5. The summed E-state index contributed by atoms with van der Waals surface area (Å²) in [5.41, 5.74) is 5.20. The van der Waals surface area contributed by atoms with E-state index in [0.717, 1.165) is 47.0 Å². The Balaban J connectivity index is 1.86. The molecule has 0 aromatic carbocycles. The summed E-state index contributed by atoms with van der Waals surface area (Å²) in [7, 11) is 1.71. The molecule has 0 unspecified atom stereocenters.